The summed E-state index contributed by atoms with van der Waals surface area (Å²) in [5.41, 5.74) is 0. The summed E-state index contributed by atoms with van der Waals surface area (Å²) in [6.45, 7) is 3.25. The summed E-state index contributed by atoms with van der Waals surface area (Å²) >= 11 is 0. The molecule has 2 fully saturated rings. The van der Waals surface area contributed by atoms with Gasteiger partial charge in [0.05, 0.1) is 6.61 Å². The van der Waals surface area contributed by atoms with Crippen LogP contribution in [-0.2, 0) is 14.3 Å². The van der Waals surface area contributed by atoms with Gasteiger partial charge in [-0.25, -0.2) is 0 Å². The van der Waals surface area contributed by atoms with Crippen LogP contribution in [0.2, 0.25) is 0 Å². The third-order valence-corrected chi connectivity index (χ3v) is 3.59. The number of carboxylic acids is 1. The Morgan fingerprint density at radius 2 is 2.06 bits per heavy atom. The van der Waals surface area contributed by atoms with Crippen LogP contribution in [0.4, 0.5) is 0 Å². The minimum Gasteiger partial charge on any atom is -0.481 e. The third-order valence-electron chi connectivity index (χ3n) is 3.59. The minimum atomic E-state index is -0.750. The van der Waals surface area contributed by atoms with Gasteiger partial charge in [0.1, 0.15) is 6.10 Å². The molecule has 102 valence electrons. The highest BCUT2D eigenvalue weighted by molar-refractivity contribution is 5.81. The predicted octanol–water partition coefficient (Wildman–Crippen LogP) is -0.312. The maximum absolute atomic E-state index is 12.1. The van der Waals surface area contributed by atoms with E-state index in [1.165, 1.54) is 0 Å². The normalized spacial score (nSPS) is 26.0. The quantitative estimate of drug-likeness (QED) is 0.724. The lowest BCUT2D eigenvalue weighted by molar-refractivity contribution is -0.147. The number of ether oxygens (including phenoxy) is 1. The second kappa shape index (κ2) is 6.15. The number of piperidine rings is 1. The highest BCUT2D eigenvalue weighted by atomic mass is 16.5. The average molecular weight is 256 g/mol. The lowest BCUT2D eigenvalue weighted by Gasteiger charge is -2.34. The Bertz CT molecular complexity index is 307. The van der Waals surface area contributed by atoms with Crippen LogP contribution in [-0.4, -0.2) is 60.8 Å². The molecule has 0 spiro atoms. The first-order valence-electron chi connectivity index (χ1n) is 6.49. The number of hydrogen-bond acceptors (Lipinski definition) is 4. The number of nitrogens with one attached hydrogen (secondary N) is 1. The van der Waals surface area contributed by atoms with Crippen molar-refractivity contribution in [1.82, 2.24) is 10.2 Å². The van der Waals surface area contributed by atoms with E-state index in [4.69, 9.17) is 9.84 Å². The fourth-order valence-corrected chi connectivity index (χ4v) is 2.53. The number of morpholine rings is 1. The first-order valence-corrected chi connectivity index (χ1v) is 6.49. The number of carboxylic acid groups (broad SMARTS) is 1. The van der Waals surface area contributed by atoms with Gasteiger partial charge in [-0.1, -0.05) is 0 Å². The fourth-order valence-electron chi connectivity index (χ4n) is 2.53. The molecule has 0 bridgehead atoms. The van der Waals surface area contributed by atoms with Gasteiger partial charge in [0.25, 0.3) is 5.91 Å². The van der Waals surface area contributed by atoms with E-state index < -0.39 is 5.97 Å². The first kappa shape index (κ1) is 13.3. The number of carbonyl (C=O) groups excluding carboxylic acids is 1. The second-order valence-electron chi connectivity index (χ2n) is 4.93. The zero-order valence-electron chi connectivity index (χ0n) is 10.4. The van der Waals surface area contributed by atoms with E-state index in [2.05, 4.69) is 5.32 Å². The summed E-state index contributed by atoms with van der Waals surface area (Å²) < 4.78 is 5.44. The molecular formula is C12H20N2O4. The lowest BCUT2D eigenvalue weighted by atomic mass is 9.93. The zero-order chi connectivity index (χ0) is 13.0. The van der Waals surface area contributed by atoms with Crippen LogP contribution >= 0.6 is 0 Å². The number of amides is 1. The molecule has 2 saturated heterocycles. The Balaban J connectivity index is 1.78. The molecule has 6 heteroatoms. The number of nitrogens with zero attached hydrogens (tertiary/aromatic N) is 1. The van der Waals surface area contributed by atoms with E-state index in [0.717, 1.165) is 19.4 Å². The molecule has 1 amide bonds. The molecule has 18 heavy (non-hydrogen) atoms. The van der Waals surface area contributed by atoms with Gasteiger partial charge in [0.15, 0.2) is 0 Å². The fraction of sp³-hybridized carbons (Fsp3) is 0.833. The number of rotatable bonds is 3. The van der Waals surface area contributed by atoms with Crippen LogP contribution in [0.1, 0.15) is 19.3 Å². The topological polar surface area (TPSA) is 78.9 Å². The van der Waals surface area contributed by atoms with Crippen molar-refractivity contribution < 1.29 is 19.4 Å². The Hall–Kier alpha value is -1.14. The largest absolute Gasteiger partial charge is 0.481 e. The molecule has 2 N–H and O–H groups in total. The highest BCUT2D eigenvalue weighted by Gasteiger charge is 2.30. The summed E-state index contributed by atoms with van der Waals surface area (Å²) in [7, 11) is 0. The van der Waals surface area contributed by atoms with Crippen molar-refractivity contribution in [3.63, 3.8) is 0 Å². The van der Waals surface area contributed by atoms with Gasteiger partial charge in [-0.15, -0.1) is 0 Å². The van der Waals surface area contributed by atoms with Crippen LogP contribution in [0.3, 0.4) is 0 Å². The van der Waals surface area contributed by atoms with Crippen molar-refractivity contribution in [2.24, 2.45) is 5.92 Å². The molecule has 0 aromatic heterocycles. The molecule has 0 radical (unpaired) electrons. The standard InChI is InChI=1S/C12H20N2O4/c15-11(16)7-9-1-4-14(5-2-9)12(17)10-8-13-3-6-18-10/h9-10,13H,1-8H2,(H,15,16). The van der Waals surface area contributed by atoms with Gasteiger partial charge in [0, 0.05) is 32.6 Å². The zero-order valence-corrected chi connectivity index (χ0v) is 10.4. The highest BCUT2D eigenvalue weighted by Crippen LogP contribution is 2.21. The molecule has 1 atom stereocenters. The van der Waals surface area contributed by atoms with Gasteiger partial charge in [-0.2, -0.15) is 0 Å². The maximum Gasteiger partial charge on any atom is 0.303 e. The Kier molecular flexibility index (Phi) is 4.54. The van der Waals surface area contributed by atoms with Crippen molar-refractivity contribution in [1.29, 1.82) is 0 Å². The second-order valence-corrected chi connectivity index (χ2v) is 4.93. The Labute approximate surface area is 106 Å². The molecule has 2 aliphatic rings. The molecule has 2 aliphatic heterocycles. The Morgan fingerprint density at radius 1 is 1.33 bits per heavy atom. The van der Waals surface area contributed by atoms with Crippen molar-refractivity contribution in [3.8, 4) is 0 Å². The molecular weight excluding hydrogens is 236 g/mol. The van der Waals surface area contributed by atoms with Crippen molar-refractivity contribution in [2.75, 3.05) is 32.8 Å². The van der Waals surface area contributed by atoms with Gasteiger partial charge in [-0.05, 0) is 18.8 Å². The summed E-state index contributed by atoms with van der Waals surface area (Å²) in [5.74, 6) is -0.507. The van der Waals surface area contributed by atoms with Gasteiger partial charge in [0.2, 0.25) is 0 Å². The summed E-state index contributed by atoms with van der Waals surface area (Å²) in [6.07, 6.45) is 1.40. The van der Waals surface area contributed by atoms with E-state index in [9.17, 15) is 9.59 Å². The van der Waals surface area contributed by atoms with Crippen LogP contribution in [0, 0.1) is 5.92 Å². The van der Waals surface area contributed by atoms with E-state index in [0.29, 0.717) is 26.2 Å². The van der Waals surface area contributed by atoms with Gasteiger partial charge < -0.3 is 20.1 Å². The van der Waals surface area contributed by atoms with E-state index in [-0.39, 0.29) is 24.3 Å². The summed E-state index contributed by atoms with van der Waals surface area (Å²) in [6, 6.07) is 0. The van der Waals surface area contributed by atoms with E-state index in [1.54, 1.807) is 4.90 Å². The van der Waals surface area contributed by atoms with Crippen LogP contribution in [0.15, 0.2) is 0 Å². The van der Waals surface area contributed by atoms with Gasteiger partial charge >= 0.3 is 5.97 Å². The summed E-state index contributed by atoms with van der Waals surface area (Å²) in [4.78, 5) is 24.5. The monoisotopic (exact) mass is 256 g/mol. The van der Waals surface area contributed by atoms with Gasteiger partial charge in [-0.3, -0.25) is 9.59 Å². The number of hydrogen-bond donors (Lipinski definition) is 2. The van der Waals surface area contributed by atoms with Crippen LogP contribution < -0.4 is 5.32 Å². The molecule has 2 heterocycles. The molecule has 1 unspecified atom stereocenters. The van der Waals surface area contributed by atoms with Crippen molar-refractivity contribution in [3.05, 3.63) is 0 Å². The SMILES string of the molecule is O=C(O)CC1CCN(C(=O)C2CNCCO2)CC1. The molecule has 0 aromatic carbocycles. The average Bonchev–Trinajstić information content (AvgIpc) is 2.39. The van der Waals surface area contributed by atoms with E-state index >= 15 is 0 Å². The minimum absolute atomic E-state index is 0.0379. The smallest absolute Gasteiger partial charge is 0.303 e. The molecule has 2 rings (SSSR count). The molecule has 0 saturated carbocycles. The number of carbonyl (C=O) groups is 2. The molecule has 0 aliphatic carbocycles. The molecule has 0 aromatic rings. The van der Waals surface area contributed by atoms with Crippen LogP contribution in [0.25, 0.3) is 0 Å². The van der Waals surface area contributed by atoms with Crippen molar-refractivity contribution in [2.45, 2.75) is 25.4 Å². The number of aliphatic carboxylic acids is 1. The van der Waals surface area contributed by atoms with E-state index in [1.807, 2.05) is 0 Å². The van der Waals surface area contributed by atoms with Crippen LogP contribution in [0.5, 0.6) is 0 Å². The maximum atomic E-state index is 12.1. The number of likely N-dealkylation sites (tertiary alicyclic amines) is 1. The third kappa shape index (κ3) is 3.43. The molecule has 6 nitrogen and oxygen atoms in total. The lowest BCUT2D eigenvalue weighted by Crippen LogP contribution is -2.51. The summed E-state index contributed by atoms with van der Waals surface area (Å²) in [5, 5.41) is 11.9. The van der Waals surface area contributed by atoms with Crippen molar-refractivity contribution >= 4 is 11.9 Å². The Morgan fingerprint density at radius 3 is 2.61 bits per heavy atom. The first-order chi connectivity index (χ1) is 8.66. The predicted molar refractivity (Wildman–Crippen MR) is 64.2 cm³/mol.